The minimum atomic E-state index is -1.29. The van der Waals surface area contributed by atoms with E-state index in [1.54, 1.807) is 12.3 Å². The Hall–Kier alpha value is -1.86. The quantitative estimate of drug-likeness (QED) is 0.708. The second-order valence-electron chi connectivity index (χ2n) is 10.1. The topological polar surface area (TPSA) is 106 Å². The molecule has 0 amide bonds. The van der Waals surface area contributed by atoms with Crippen molar-refractivity contribution >= 4 is 11.9 Å². The Morgan fingerprint density at radius 1 is 1.27 bits per heavy atom. The maximum Gasteiger partial charge on any atom is 0.313 e. The number of methoxy groups -OCH3 is 1. The van der Waals surface area contributed by atoms with Crippen LogP contribution in [0.1, 0.15) is 64.2 Å². The fourth-order valence-corrected chi connectivity index (χ4v) is 6.89. The van der Waals surface area contributed by atoms with E-state index in [1.165, 1.54) is 14.0 Å². The van der Waals surface area contributed by atoms with Crippen LogP contribution in [-0.2, 0) is 25.5 Å². The van der Waals surface area contributed by atoms with Crippen molar-refractivity contribution in [1.82, 2.24) is 0 Å². The average Bonchev–Trinajstić information content (AvgIpc) is 3.14. The Kier molecular flexibility index (Phi) is 4.86. The molecule has 30 heavy (non-hydrogen) atoms. The van der Waals surface area contributed by atoms with Gasteiger partial charge in [-0.3, -0.25) is 9.59 Å². The summed E-state index contributed by atoms with van der Waals surface area (Å²) in [5.41, 5.74) is -1.97. The lowest BCUT2D eigenvalue weighted by Gasteiger charge is -2.68. The molecule has 1 aromatic heterocycles. The molecule has 0 spiro atoms. The molecule has 2 fully saturated rings. The first kappa shape index (κ1) is 21.4. The Bertz CT molecular complexity index is 857. The molecule has 0 bridgehead atoms. The number of aliphatic hydroxyl groups is 2. The normalized spacial score (nSPS) is 41.8. The van der Waals surface area contributed by atoms with Crippen LogP contribution in [0.4, 0.5) is 0 Å². The number of carbonyl (C=O) groups is 2. The molecule has 0 saturated heterocycles. The SMILES string of the molecule is COC(=O)[C@@H]1c2ccoc2C[C@H]2C1[C@@H](OC(C)=O)C[C@]1(O)C(C)(C)CC[C@H](O)[C@]21C. The number of carbonyl (C=O) groups excluding carboxylic acids is 2. The fraction of sp³-hybridized carbons (Fsp3) is 0.739. The van der Waals surface area contributed by atoms with Gasteiger partial charge in [0.25, 0.3) is 0 Å². The van der Waals surface area contributed by atoms with Crippen LogP contribution in [0.15, 0.2) is 16.7 Å². The molecule has 1 heterocycles. The molecule has 1 unspecified atom stereocenters. The van der Waals surface area contributed by atoms with Crippen molar-refractivity contribution in [1.29, 1.82) is 0 Å². The van der Waals surface area contributed by atoms with Crippen molar-refractivity contribution < 1.29 is 33.7 Å². The van der Waals surface area contributed by atoms with E-state index in [0.29, 0.717) is 25.0 Å². The minimum absolute atomic E-state index is 0.162. The molecule has 0 radical (unpaired) electrons. The summed E-state index contributed by atoms with van der Waals surface area (Å²) in [5.74, 6) is -1.68. The highest BCUT2D eigenvalue weighted by molar-refractivity contribution is 5.79. The van der Waals surface area contributed by atoms with Crippen LogP contribution in [0.3, 0.4) is 0 Å². The second kappa shape index (κ2) is 6.82. The van der Waals surface area contributed by atoms with Crippen LogP contribution in [0.5, 0.6) is 0 Å². The van der Waals surface area contributed by atoms with Gasteiger partial charge in [0.2, 0.25) is 0 Å². The van der Waals surface area contributed by atoms with Gasteiger partial charge in [0, 0.05) is 36.7 Å². The monoisotopic (exact) mass is 420 g/mol. The number of fused-ring (bicyclic) bond motifs is 4. The van der Waals surface area contributed by atoms with Crippen LogP contribution in [0, 0.1) is 22.7 Å². The molecule has 3 aliphatic rings. The van der Waals surface area contributed by atoms with Crippen molar-refractivity contribution in [3.8, 4) is 0 Å². The van der Waals surface area contributed by atoms with E-state index < -0.39 is 52.4 Å². The Balaban J connectivity index is 1.93. The zero-order chi connectivity index (χ0) is 22.1. The number of rotatable bonds is 2. The van der Waals surface area contributed by atoms with Gasteiger partial charge in [-0.15, -0.1) is 0 Å². The summed E-state index contributed by atoms with van der Waals surface area (Å²) in [6.07, 6.45) is 1.93. The first-order valence-electron chi connectivity index (χ1n) is 10.7. The smallest absolute Gasteiger partial charge is 0.313 e. The zero-order valence-corrected chi connectivity index (χ0v) is 18.3. The Labute approximate surface area is 176 Å². The highest BCUT2D eigenvalue weighted by Gasteiger charge is 2.72. The summed E-state index contributed by atoms with van der Waals surface area (Å²) in [7, 11) is 1.34. The standard InChI is InChI=1S/C23H32O7/c1-12(24)30-16-11-23(27)21(2,3)8-6-17(25)22(23,4)14-10-15-13(7-9-29-15)18(19(14)16)20(26)28-5/h7,9,14,16-19,25,27H,6,8,10-11H2,1-5H3/t14-,16-,17-,18+,19?,22-,23-/m0/s1. The third-order valence-corrected chi connectivity index (χ3v) is 8.58. The zero-order valence-electron chi connectivity index (χ0n) is 18.3. The second-order valence-corrected chi connectivity index (χ2v) is 10.1. The molecule has 7 atom stereocenters. The summed E-state index contributed by atoms with van der Waals surface area (Å²) < 4.78 is 16.6. The van der Waals surface area contributed by atoms with Crippen LogP contribution < -0.4 is 0 Å². The van der Waals surface area contributed by atoms with Crippen LogP contribution >= 0.6 is 0 Å². The molecule has 2 saturated carbocycles. The van der Waals surface area contributed by atoms with E-state index in [9.17, 15) is 19.8 Å². The van der Waals surface area contributed by atoms with E-state index in [0.717, 1.165) is 5.56 Å². The van der Waals surface area contributed by atoms with E-state index in [2.05, 4.69) is 0 Å². The van der Waals surface area contributed by atoms with Gasteiger partial charge in [-0.1, -0.05) is 20.8 Å². The molecule has 3 aliphatic carbocycles. The molecule has 1 aromatic rings. The first-order chi connectivity index (χ1) is 14.0. The predicted molar refractivity (Wildman–Crippen MR) is 106 cm³/mol. The van der Waals surface area contributed by atoms with Crippen LogP contribution in [0.25, 0.3) is 0 Å². The van der Waals surface area contributed by atoms with Crippen LogP contribution in [-0.4, -0.2) is 47.1 Å². The van der Waals surface area contributed by atoms with E-state index >= 15 is 0 Å². The maximum atomic E-state index is 12.9. The molecule has 7 heteroatoms. The molecule has 0 aromatic carbocycles. The summed E-state index contributed by atoms with van der Waals surface area (Å²) in [4.78, 5) is 24.9. The van der Waals surface area contributed by atoms with Crippen molar-refractivity contribution in [3.63, 3.8) is 0 Å². The molecule has 2 N–H and O–H groups in total. The van der Waals surface area contributed by atoms with E-state index in [-0.39, 0.29) is 12.3 Å². The molecule has 4 rings (SSSR count). The molecule has 0 aliphatic heterocycles. The van der Waals surface area contributed by atoms with Gasteiger partial charge in [-0.25, -0.2) is 0 Å². The van der Waals surface area contributed by atoms with Crippen molar-refractivity contribution in [2.75, 3.05) is 7.11 Å². The van der Waals surface area contributed by atoms with Gasteiger partial charge < -0.3 is 24.1 Å². The molecule has 7 nitrogen and oxygen atoms in total. The van der Waals surface area contributed by atoms with Gasteiger partial charge in [0.05, 0.1) is 31.0 Å². The van der Waals surface area contributed by atoms with Gasteiger partial charge in [0.1, 0.15) is 11.9 Å². The number of hydrogen-bond acceptors (Lipinski definition) is 7. The number of esters is 2. The molecule has 166 valence electrons. The first-order valence-corrected chi connectivity index (χ1v) is 10.7. The third kappa shape index (κ3) is 2.64. The summed E-state index contributed by atoms with van der Waals surface area (Å²) in [6, 6.07) is 1.77. The van der Waals surface area contributed by atoms with Gasteiger partial charge in [0.15, 0.2) is 0 Å². The lowest BCUT2D eigenvalue weighted by molar-refractivity contribution is -0.296. The van der Waals surface area contributed by atoms with E-state index in [4.69, 9.17) is 13.9 Å². The third-order valence-electron chi connectivity index (χ3n) is 8.58. The van der Waals surface area contributed by atoms with Gasteiger partial charge in [-0.2, -0.15) is 0 Å². The maximum absolute atomic E-state index is 12.9. The van der Waals surface area contributed by atoms with Crippen LogP contribution in [0.2, 0.25) is 0 Å². The van der Waals surface area contributed by atoms with Crippen molar-refractivity contribution in [2.24, 2.45) is 22.7 Å². The summed E-state index contributed by atoms with van der Waals surface area (Å²) in [5, 5.41) is 23.4. The summed E-state index contributed by atoms with van der Waals surface area (Å²) in [6.45, 7) is 7.26. The number of furan rings is 1. The van der Waals surface area contributed by atoms with Gasteiger partial charge in [-0.05, 0) is 30.2 Å². The lowest BCUT2D eigenvalue weighted by Crippen LogP contribution is -2.74. The molecular formula is C23H32O7. The highest BCUT2D eigenvalue weighted by Crippen LogP contribution is 2.67. The van der Waals surface area contributed by atoms with Gasteiger partial charge >= 0.3 is 11.9 Å². The average molecular weight is 421 g/mol. The number of hydrogen-bond donors (Lipinski definition) is 2. The van der Waals surface area contributed by atoms with Crippen molar-refractivity contribution in [3.05, 3.63) is 23.7 Å². The number of aliphatic hydroxyl groups excluding tert-OH is 1. The predicted octanol–water partition coefficient (Wildman–Crippen LogP) is 2.58. The summed E-state index contributed by atoms with van der Waals surface area (Å²) >= 11 is 0. The number of ether oxygens (including phenoxy) is 2. The van der Waals surface area contributed by atoms with Crippen molar-refractivity contribution in [2.45, 2.75) is 77.1 Å². The highest BCUT2D eigenvalue weighted by atomic mass is 16.5. The Morgan fingerprint density at radius 3 is 2.60 bits per heavy atom. The largest absolute Gasteiger partial charge is 0.469 e. The lowest BCUT2D eigenvalue weighted by atomic mass is 9.40. The minimum Gasteiger partial charge on any atom is -0.469 e. The Morgan fingerprint density at radius 2 is 1.97 bits per heavy atom. The fourth-order valence-electron chi connectivity index (χ4n) is 6.89. The van der Waals surface area contributed by atoms with E-state index in [1.807, 2.05) is 20.8 Å². The molecular weight excluding hydrogens is 388 g/mol.